The maximum Gasteiger partial charge on any atom is 0.151 e. The number of aromatic amines is 1. The fourth-order valence-electron chi connectivity index (χ4n) is 1.70. The van der Waals surface area contributed by atoms with Crippen LogP contribution in [0.5, 0.6) is 0 Å². The van der Waals surface area contributed by atoms with Crippen LogP contribution >= 0.6 is 11.6 Å². The van der Waals surface area contributed by atoms with Crippen LogP contribution in [0.2, 0.25) is 5.15 Å². The molecule has 0 amide bonds. The van der Waals surface area contributed by atoms with Crippen LogP contribution < -0.4 is 0 Å². The van der Waals surface area contributed by atoms with Crippen molar-refractivity contribution in [1.82, 2.24) is 9.97 Å². The fraction of sp³-hybridized carbons (Fsp3) is 0.231. The van der Waals surface area contributed by atoms with Gasteiger partial charge in [0.15, 0.2) is 5.15 Å². The topological polar surface area (TPSA) is 52.5 Å². The first-order valence-electron chi connectivity index (χ1n) is 5.30. The van der Waals surface area contributed by atoms with E-state index in [4.69, 9.17) is 16.9 Å². The molecule has 0 aliphatic rings. The number of halogens is 1. The smallest absolute Gasteiger partial charge is 0.151 e. The Morgan fingerprint density at radius 1 is 1.41 bits per heavy atom. The Morgan fingerprint density at radius 3 is 2.88 bits per heavy atom. The Labute approximate surface area is 105 Å². The molecule has 1 aromatic heterocycles. The van der Waals surface area contributed by atoms with Crippen molar-refractivity contribution >= 4 is 11.6 Å². The quantitative estimate of drug-likeness (QED) is 0.882. The predicted octanol–water partition coefficient (Wildman–Crippen LogP) is 3.41. The van der Waals surface area contributed by atoms with Gasteiger partial charge < -0.3 is 4.98 Å². The summed E-state index contributed by atoms with van der Waals surface area (Å²) in [5.74, 6) is 0.724. The number of rotatable bonds is 2. The third-order valence-corrected chi connectivity index (χ3v) is 2.94. The molecule has 2 aromatic rings. The summed E-state index contributed by atoms with van der Waals surface area (Å²) in [4.78, 5) is 7.36. The van der Waals surface area contributed by atoms with Crippen LogP contribution in [-0.2, 0) is 6.42 Å². The molecule has 0 spiro atoms. The van der Waals surface area contributed by atoms with Gasteiger partial charge in [0.25, 0.3) is 0 Å². The molecule has 2 rings (SSSR count). The molecule has 0 bridgehead atoms. The summed E-state index contributed by atoms with van der Waals surface area (Å²) in [5, 5.41) is 9.04. The molecule has 0 aliphatic heterocycles. The van der Waals surface area contributed by atoms with E-state index in [0.717, 1.165) is 17.0 Å². The largest absolute Gasteiger partial charge is 0.340 e. The highest BCUT2D eigenvalue weighted by Gasteiger charge is 2.11. The highest BCUT2D eigenvalue weighted by Crippen LogP contribution is 2.25. The Balaban J connectivity index is 2.50. The molecule has 1 aromatic carbocycles. The number of nitrogens with one attached hydrogen (secondary N) is 1. The number of nitrogens with zero attached hydrogens (tertiary/aromatic N) is 2. The highest BCUT2D eigenvalue weighted by molar-refractivity contribution is 6.30. The molecule has 17 heavy (non-hydrogen) atoms. The van der Waals surface area contributed by atoms with Crippen molar-refractivity contribution in [2.24, 2.45) is 0 Å². The molecule has 1 heterocycles. The molecular formula is C13H12ClN3. The lowest BCUT2D eigenvalue weighted by atomic mass is 10.1. The van der Waals surface area contributed by atoms with Gasteiger partial charge in [-0.25, -0.2) is 4.98 Å². The Morgan fingerprint density at radius 2 is 2.18 bits per heavy atom. The van der Waals surface area contributed by atoms with Gasteiger partial charge in [-0.2, -0.15) is 5.26 Å². The second-order valence-corrected chi connectivity index (χ2v) is 4.37. The van der Waals surface area contributed by atoms with Crippen molar-refractivity contribution in [2.45, 2.75) is 20.3 Å². The average Bonchev–Trinajstić information content (AvgIpc) is 2.64. The van der Waals surface area contributed by atoms with Gasteiger partial charge in [0.2, 0.25) is 0 Å². The first-order chi connectivity index (χ1) is 8.11. The molecule has 0 saturated heterocycles. The van der Waals surface area contributed by atoms with Crippen LogP contribution in [0.15, 0.2) is 18.2 Å². The molecule has 0 unspecified atom stereocenters. The number of nitriles is 1. The highest BCUT2D eigenvalue weighted by atomic mass is 35.5. The van der Waals surface area contributed by atoms with Gasteiger partial charge in [0.1, 0.15) is 5.82 Å². The minimum atomic E-state index is 0.247. The third-order valence-electron chi connectivity index (χ3n) is 2.63. The number of imidazole rings is 1. The van der Waals surface area contributed by atoms with E-state index in [1.165, 1.54) is 5.56 Å². The van der Waals surface area contributed by atoms with Crippen molar-refractivity contribution in [3.63, 3.8) is 0 Å². The number of H-pyrrole nitrogens is 1. The summed E-state index contributed by atoms with van der Waals surface area (Å²) in [6.45, 7) is 4.05. The zero-order valence-corrected chi connectivity index (χ0v) is 10.5. The Kier molecular flexibility index (Phi) is 3.16. The van der Waals surface area contributed by atoms with Gasteiger partial charge in [0.05, 0.1) is 18.2 Å². The van der Waals surface area contributed by atoms with Crippen molar-refractivity contribution in [2.75, 3.05) is 0 Å². The first kappa shape index (κ1) is 11.7. The second kappa shape index (κ2) is 4.60. The summed E-state index contributed by atoms with van der Waals surface area (Å²) in [6, 6.07) is 8.22. The van der Waals surface area contributed by atoms with Crippen LogP contribution in [0.3, 0.4) is 0 Å². The molecule has 1 N–H and O–H groups in total. The molecule has 4 heteroatoms. The second-order valence-electron chi connectivity index (χ2n) is 4.01. The zero-order chi connectivity index (χ0) is 12.4. The van der Waals surface area contributed by atoms with Gasteiger partial charge in [-0.1, -0.05) is 29.3 Å². The van der Waals surface area contributed by atoms with Gasteiger partial charge in [-0.15, -0.1) is 0 Å². The lowest BCUT2D eigenvalue weighted by Crippen LogP contribution is -1.87. The number of benzene rings is 1. The maximum atomic E-state index is 8.67. The molecular weight excluding hydrogens is 234 g/mol. The minimum absolute atomic E-state index is 0.247. The number of hydrogen-bond donors (Lipinski definition) is 1. The summed E-state index contributed by atoms with van der Waals surface area (Å²) < 4.78 is 0. The molecule has 3 nitrogen and oxygen atoms in total. The summed E-state index contributed by atoms with van der Waals surface area (Å²) >= 11 is 5.97. The van der Waals surface area contributed by atoms with Gasteiger partial charge in [-0.05, 0) is 25.5 Å². The van der Waals surface area contributed by atoms with Crippen molar-refractivity contribution < 1.29 is 0 Å². The molecule has 0 saturated carbocycles. The first-order valence-corrected chi connectivity index (χ1v) is 5.68. The predicted molar refractivity (Wildman–Crippen MR) is 67.8 cm³/mol. The lowest BCUT2D eigenvalue weighted by molar-refractivity contribution is 1.15. The van der Waals surface area contributed by atoms with E-state index in [1.54, 1.807) is 0 Å². The summed E-state index contributed by atoms with van der Waals surface area (Å²) in [7, 11) is 0. The van der Waals surface area contributed by atoms with E-state index in [1.807, 2.05) is 19.9 Å². The van der Waals surface area contributed by atoms with E-state index in [-0.39, 0.29) is 6.42 Å². The van der Waals surface area contributed by atoms with Crippen LogP contribution in [0.4, 0.5) is 0 Å². The fourth-order valence-corrected chi connectivity index (χ4v) is 1.90. The Bertz CT molecular complexity index is 593. The zero-order valence-electron chi connectivity index (χ0n) is 9.71. The monoisotopic (exact) mass is 245 g/mol. The number of hydrogen-bond acceptors (Lipinski definition) is 2. The summed E-state index contributed by atoms with van der Waals surface area (Å²) in [5.41, 5.74) is 3.99. The minimum Gasteiger partial charge on any atom is -0.340 e. The van der Waals surface area contributed by atoms with E-state index in [0.29, 0.717) is 10.8 Å². The maximum absolute atomic E-state index is 8.67. The van der Waals surface area contributed by atoms with Crippen molar-refractivity contribution in [1.29, 1.82) is 5.26 Å². The summed E-state index contributed by atoms with van der Waals surface area (Å²) in [6.07, 6.45) is 0.247. The van der Waals surface area contributed by atoms with Gasteiger partial charge in [-0.3, -0.25) is 0 Å². The van der Waals surface area contributed by atoms with Gasteiger partial charge >= 0.3 is 0 Å². The van der Waals surface area contributed by atoms with E-state index < -0.39 is 0 Å². The van der Waals surface area contributed by atoms with Crippen molar-refractivity contribution in [3.05, 3.63) is 40.2 Å². The van der Waals surface area contributed by atoms with Crippen LogP contribution in [0, 0.1) is 25.2 Å². The van der Waals surface area contributed by atoms with Crippen LogP contribution in [0.25, 0.3) is 11.4 Å². The van der Waals surface area contributed by atoms with E-state index in [2.05, 4.69) is 28.2 Å². The molecule has 0 fully saturated rings. The molecule has 86 valence electrons. The standard InChI is InChI=1S/C13H12ClN3/c1-8-3-4-9(2)10(7-8)13-16-11(5-6-15)12(14)17-13/h3-4,7H,5H2,1-2H3,(H,16,17). The Hall–Kier alpha value is -1.79. The lowest BCUT2D eigenvalue weighted by Gasteiger charge is -2.03. The van der Waals surface area contributed by atoms with Crippen LogP contribution in [0.1, 0.15) is 16.8 Å². The normalized spacial score (nSPS) is 10.2. The van der Waals surface area contributed by atoms with Crippen molar-refractivity contribution in [3.8, 4) is 17.5 Å². The third kappa shape index (κ3) is 2.32. The molecule has 0 atom stereocenters. The molecule has 0 aliphatic carbocycles. The number of aryl methyl sites for hydroxylation is 2. The average molecular weight is 246 g/mol. The van der Waals surface area contributed by atoms with Gasteiger partial charge in [0, 0.05) is 5.56 Å². The molecule has 0 radical (unpaired) electrons. The van der Waals surface area contributed by atoms with E-state index >= 15 is 0 Å². The van der Waals surface area contributed by atoms with Crippen LogP contribution in [-0.4, -0.2) is 9.97 Å². The van der Waals surface area contributed by atoms with E-state index in [9.17, 15) is 0 Å². The SMILES string of the molecule is Cc1ccc(C)c(-c2nc(Cl)c(CC#N)[nH]2)c1. The number of aromatic nitrogens is 2.